The number of carbonyl (C=O) groups excluding carboxylic acids is 2. The summed E-state index contributed by atoms with van der Waals surface area (Å²) >= 11 is 6.46. The highest BCUT2D eigenvalue weighted by atomic mass is 35.5. The highest BCUT2D eigenvalue weighted by Gasteiger charge is 2.72. The molecule has 6 rings (SSSR count). The first-order chi connectivity index (χ1) is 18.6. The number of hydrogen-bond donors (Lipinski definition) is 2. The average molecular weight is 553 g/mol. The average Bonchev–Trinajstić information content (AvgIpc) is 3.13. The van der Waals surface area contributed by atoms with Gasteiger partial charge in [0.15, 0.2) is 0 Å². The van der Waals surface area contributed by atoms with Crippen LogP contribution in [0.3, 0.4) is 0 Å². The van der Waals surface area contributed by atoms with Crippen molar-refractivity contribution in [3.8, 4) is 11.3 Å². The van der Waals surface area contributed by atoms with E-state index >= 15 is 0 Å². The normalized spacial score (nSPS) is 23.8. The molecule has 11 nitrogen and oxygen atoms in total. The standard InChI is InChI=1S/C27H29ClN6O5/c1-14-6-16(28)8-18(22(14)29-9-17-12-32(26(37)38)4-5-39-17)23-19-7-15(11-34(19)31-13-30-23)10-33-24(35)20-21(25(33)36)27(20,2)3/h6-8,11,13,17,20-21,29H,4-5,9-10,12H2,1-3H3,(H,37,38)/t17-,20?,21?/m1/s1. The van der Waals surface area contributed by atoms with Gasteiger partial charge in [0, 0.05) is 35.6 Å². The van der Waals surface area contributed by atoms with Gasteiger partial charge in [-0.25, -0.2) is 14.3 Å². The summed E-state index contributed by atoms with van der Waals surface area (Å²) in [6.07, 6.45) is 1.98. The lowest BCUT2D eigenvalue weighted by Crippen LogP contribution is -2.47. The molecule has 3 amide bonds. The van der Waals surface area contributed by atoms with Crippen molar-refractivity contribution < 1.29 is 24.2 Å². The third-order valence-corrected chi connectivity index (χ3v) is 8.38. The fourth-order valence-corrected chi connectivity index (χ4v) is 6.29. The fourth-order valence-electron chi connectivity index (χ4n) is 6.02. The van der Waals surface area contributed by atoms with Crippen LogP contribution in [0, 0.1) is 24.2 Å². The van der Waals surface area contributed by atoms with Crippen molar-refractivity contribution in [2.45, 2.75) is 33.4 Å². The highest BCUT2D eigenvalue weighted by molar-refractivity contribution is 6.31. The molecule has 0 spiro atoms. The van der Waals surface area contributed by atoms with Crippen LogP contribution in [0.4, 0.5) is 10.5 Å². The van der Waals surface area contributed by atoms with Crippen molar-refractivity contribution >= 4 is 40.7 Å². The van der Waals surface area contributed by atoms with Gasteiger partial charge in [0.2, 0.25) is 11.8 Å². The Hall–Kier alpha value is -3.70. The molecule has 2 unspecified atom stereocenters. The molecule has 3 aromatic rings. The summed E-state index contributed by atoms with van der Waals surface area (Å²) < 4.78 is 7.47. The Morgan fingerprint density at radius 1 is 1.23 bits per heavy atom. The topological polar surface area (TPSA) is 129 Å². The van der Waals surface area contributed by atoms with E-state index in [9.17, 15) is 19.5 Å². The van der Waals surface area contributed by atoms with Gasteiger partial charge in [0.1, 0.15) is 6.33 Å². The van der Waals surface area contributed by atoms with Crippen LogP contribution >= 0.6 is 11.6 Å². The lowest BCUT2D eigenvalue weighted by Gasteiger charge is -2.31. The zero-order valence-electron chi connectivity index (χ0n) is 21.8. The number of ether oxygens (including phenoxy) is 1. The Bertz CT molecular complexity index is 1500. The summed E-state index contributed by atoms with van der Waals surface area (Å²) in [6, 6.07) is 5.55. The molecule has 12 heteroatoms. The van der Waals surface area contributed by atoms with Gasteiger partial charge in [-0.3, -0.25) is 14.5 Å². The minimum absolute atomic E-state index is 0.111. The van der Waals surface area contributed by atoms with Crippen molar-refractivity contribution in [2.24, 2.45) is 17.3 Å². The summed E-state index contributed by atoms with van der Waals surface area (Å²) in [4.78, 5) is 44.4. The van der Waals surface area contributed by atoms with Crippen LogP contribution in [0.1, 0.15) is 25.0 Å². The Labute approximate surface area is 229 Å². The number of likely N-dealkylation sites (tertiary alicyclic amines) is 1. The van der Waals surface area contributed by atoms with Gasteiger partial charge in [0.05, 0.1) is 48.8 Å². The molecule has 1 aliphatic carbocycles. The first kappa shape index (κ1) is 25.6. The molecule has 3 aliphatic rings. The minimum atomic E-state index is -0.961. The van der Waals surface area contributed by atoms with Crippen LogP contribution in [-0.4, -0.2) is 79.8 Å². The van der Waals surface area contributed by atoms with Crippen molar-refractivity contribution in [3.63, 3.8) is 0 Å². The number of piperidine rings is 1. The fraction of sp³-hybridized carbons (Fsp3) is 0.444. The van der Waals surface area contributed by atoms with Crippen LogP contribution in [0.25, 0.3) is 16.8 Å². The van der Waals surface area contributed by atoms with Gasteiger partial charge in [0.25, 0.3) is 0 Å². The van der Waals surface area contributed by atoms with E-state index in [1.807, 2.05) is 39.0 Å². The molecule has 2 saturated heterocycles. The number of halogens is 1. The zero-order valence-corrected chi connectivity index (χ0v) is 22.6. The number of fused-ring (bicyclic) bond motifs is 2. The summed E-state index contributed by atoms with van der Waals surface area (Å²) in [7, 11) is 0. The van der Waals surface area contributed by atoms with Gasteiger partial charge in [-0.15, -0.1) is 0 Å². The maximum absolute atomic E-state index is 12.9. The molecule has 1 saturated carbocycles. The smallest absolute Gasteiger partial charge is 0.407 e. The van der Waals surface area contributed by atoms with Gasteiger partial charge >= 0.3 is 6.09 Å². The summed E-state index contributed by atoms with van der Waals surface area (Å²) in [5, 5.41) is 17.7. The number of benzene rings is 1. The van der Waals surface area contributed by atoms with E-state index < -0.39 is 6.09 Å². The lowest BCUT2D eigenvalue weighted by molar-refractivity contribution is -0.143. The molecule has 3 fully saturated rings. The number of amides is 3. The molecule has 204 valence electrons. The molecule has 2 aliphatic heterocycles. The number of anilines is 1. The van der Waals surface area contributed by atoms with Crippen LogP contribution < -0.4 is 5.32 Å². The summed E-state index contributed by atoms with van der Waals surface area (Å²) in [6.45, 7) is 7.40. The second-order valence-electron chi connectivity index (χ2n) is 11.1. The molecule has 2 aromatic heterocycles. The third kappa shape index (κ3) is 4.29. The molecular weight excluding hydrogens is 524 g/mol. The molecule has 0 bridgehead atoms. The Morgan fingerprint density at radius 3 is 2.69 bits per heavy atom. The molecule has 1 aromatic carbocycles. The van der Waals surface area contributed by atoms with Crippen LogP contribution in [-0.2, 0) is 20.9 Å². The maximum atomic E-state index is 12.9. The van der Waals surface area contributed by atoms with Crippen LogP contribution in [0.5, 0.6) is 0 Å². The van der Waals surface area contributed by atoms with E-state index in [0.29, 0.717) is 35.9 Å². The van der Waals surface area contributed by atoms with Crippen LogP contribution in [0.15, 0.2) is 30.7 Å². The predicted octanol–water partition coefficient (Wildman–Crippen LogP) is 3.29. The number of hydrogen-bond acceptors (Lipinski definition) is 7. The first-order valence-corrected chi connectivity index (χ1v) is 13.3. The van der Waals surface area contributed by atoms with Gasteiger partial charge in [-0.2, -0.15) is 5.10 Å². The van der Waals surface area contributed by atoms with Crippen LogP contribution in [0.2, 0.25) is 5.02 Å². The Morgan fingerprint density at radius 2 is 1.97 bits per heavy atom. The highest BCUT2D eigenvalue weighted by Crippen LogP contribution is 2.63. The summed E-state index contributed by atoms with van der Waals surface area (Å²) in [5.74, 6) is -0.674. The monoisotopic (exact) mass is 552 g/mol. The van der Waals surface area contributed by atoms with E-state index in [1.165, 1.54) is 16.1 Å². The maximum Gasteiger partial charge on any atom is 0.407 e. The van der Waals surface area contributed by atoms with Gasteiger partial charge in [-0.05, 0) is 41.7 Å². The lowest BCUT2D eigenvalue weighted by atomic mass is 10.0. The van der Waals surface area contributed by atoms with E-state index in [2.05, 4.69) is 15.4 Å². The predicted molar refractivity (Wildman–Crippen MR) is 142 cm³/mol. The molecule has 0 radical (unpaired) electrons. The summed E-state index contributed by atoms with van der Waals surface area (Å²) in [5.41, 5.74) is 4.29. The number of nitrogens with zero attached hydrogens (tertiary/aromatic N) is 5. The second-order valence-corrected chi connectivity index (χ2v) is 11.5. The van der Waals surface area contributed by atoms with E-state index in [-0.39, 0.29) is 48.3 Å². The van der Waals surface area contributed by atoms with Crippen molar-refractivity contribution in [3.05, 3.63) is 46.9 Å². The Balaban J connectivity index is 1.28. The number of aryl methyl sites for hydroxylation is 1. The number of morpholine rings is 1. The quantitative estimate of drug-likeness (QED) is 0.446. The SMILES string of the molecule is Cc1cc(Cl)cc(-c2ncnn3cc(CN4C(=O)C5C(C4=O)C5(C)C)cc23)c1NC[C@@H]1CN(C(=O)O)CCO1. The van der Waals surface area contributed by atoms with E-state index in [0.717, 1.165) is 22.4 Å². The number of rotatable bonds is 6. The number of carbonyl (C=O) groups is 3. The van der Waals surface area contributed by atoms with Crippen molar-refractivity contribution in [1.82, 2.24) is 24.4 Å². The van der Waals surface area contributed by atoms with Crippen molar-refractivity contribution in [1.29, 1.82) is 0 Å². The number of carboxylic acid groups (broad SMARTS) is 1. The number of imide groups is 1. The van der Waals surface area contributed by atoms with Crippen molar-refractivity contribution in [2.75, 3.05) is 31.6 Å². The third-order valence-electron chi connectivity index (χ3n) is 8.17. The number of nitrogens with one attached hydrogen (secondary N) is 1. The zero-order chi connectivity index (χ0) is 27.6. The van der Waals surface area contributed by atoms with Gasteiger partial charge < -0.3 is 20.1 Å². The first-order valence-electron chi connectivity index (χ1n) is 12.9. The molecule has 39 heavy (non-hydrogen) atoms. The molecule has 3 atom stereocenters. The largest absolute Gasteiger partial charge is 0.465 e. The Kier molecular flexibility index (Phi) is 6.03. The van der Waals surface area contributed by atoms with E-state index in [1.54, 1.807) is 10.7 Å². The van der Waals surface area contributed by atoms with Gasteiger partial charge in [-0.1, -0.05) is 25.4 Å². The second kappa shape index (κ2) is 9.20. The molecule has 4 heterocycles. The molecular formula is C27H29ClN6O5. The molecule has 2 N–H and O–H groups in total. The van der Waals surface area contributed by atoms with E-state index in [4.69, 9.17) is 16.3 Å². The minimum Gasteiger partial charge on any atom is -0.465 e. The number of aromatic nitrogens is 3.